The van der Waals surface area contributed by atoms with Gasteiger partial charge in [-0.3, -0.25) is 0 Å². The Labute approximate surface area is 169 Å². The Balaban J connectivity index is 2.28. The largest absolute Gasteiger partial charge is 0.494 e. The molecule has 0 spiro atoms. The number of rotatable bonds is 4. The Morgan fingerprint density at radius 1 is 1.04 bits per heavy atom. The maximum atomic E-state index is 6.58. The Morgan fingerprint density at radius 2 is 1.54 bits per heavy atom. The molecule has 1 saturated heterocycles. The van der Waals surface area contributed by atoms with Crippen molar-refractivity contribution in [3.05, 3.63) is 28.2 Å². The predicted molar refractivity (Wildman–Crippen MR) is 117 cm³/mol. The molecule has 26 heavy (non-hydrogen) atoms. The van der Waals surface area contributed by atoms with Crippen LogP contribution in [0.15, 0.2) is 22.7 Å². The van der Waals surface area contributed by atoms with Gasteiger partial charge < -0.3 is 13.7 Å². The molecule has 0 bridgehead atoms. The van der Waals surface area contributed by atoms with Gasteiger partial charge in [0.1, 0.15) is 0 Å². The van der Waals surface area contributed by atoms with E-state index in [0.29, 0.717) is 0 Å². The van der Waals surface area contributed by atoms with Crippen LogP contribution in [0.5, 0.6) is 0 Å². The highest BCUT2D eigenvalue weighted by Gasteiger charge is 2.51. The van der Waals surface area contributed by atoms with Crippen molar-refractivity contribution >= 4 is 36.8 Å². The molecule has 0 N–H and O–H groups in total. The highest BCUT2D eigenvalue weighted by Crippen LogP contribution is 2.40. The third-order valence-electron chi connectivity index (χ3n) is 6.21. The average Bonchev–Trinajstić information content (AvgIpc) is 2.65. The smallest absolute Gasteiger partial charge is 0.410 e. The topological polar surface area (TPSA) is 27.7 Å². The maximum absolute atomic E-state index is 6.58. The van der Waals surface area contributed by atoms with Crippen LogP contribution in [0, 0.1) is 0 Å². The van der Waals surface area contributed by atoms with Gasteiger partial charge >= 0.3 is 7.12 Å². The van der Waals surface area contributed by atoms with Crippen molar-refractivity contribution in [1.29, 1.82) is 0 Å². The molecular formula is C20H34BBrO3Si. The first kappa shape index (κ1) is 22.2. The number of hydrogen-bond acceptors (Lipinski definition) is 3. The van der Waals surface area contributed by atoms with Crippen LogP contribution in [0.3, 0.4) is 0 Å². The van der Waals surface area contributed by atoms with E-state index in [2.05, 4.69) is 103 Å². The first-order valence-corrected chi connectivity index (χ1v) is 13.1. The van der Waals surface area contributed by atoms with Crippen LogP contribution in [0.25, 0.3) is 0 Å². The highest BCUT2D eigenvalue weighted by atomic mass is 79.9. The molecule has 1 unspecified atom stereocenters. The summed E-state index contributed by atoms with van der Waals surface area (Å²) < 4.78 is 20.0. The fourth-order valence-corrected chi connectivity index (χ4v) is 4.57. The molecule has 0 amide bonds. The van der Waals surface area contributed by atoms with Gasteiger partial charge in [-0.05, 0) is 75.9 Å². The second-order valence-electron chi connectivity index (χ2n) is 9.93. The fourth-order valence-electron chi connectivity index (χ4n) is 2.67. The maximum Gasteiger partial charge on any atom is 0.494 e. The summed E-state index contributed by atoms with van der Waals surface area (Å²) in [5.41, 5.74) is 1.49. The van der Waals surface area contributed by atoms with Gasteiger partial charge in [0.2, 0.25) is 0 Å². The molecular weight excluding hydrogens is 407 g/mol. The summed E-state index contributed by atoms with van der Waals surface area (Å²) in [6, 6.07) is 6.36. The van der Waals surface area contributed by atoms with E-state index in [9.17, 15) is 0 Å². The third kappa shape index (κ3) is 4.46. The summed E-state index contributed by atoms with van der Waals surface area (Å²) in [7, 11) is -2.21. The molecule has 2 rings (SSSR count). The standard InChI is InChI=1S/C20H34BBrO3Si/c1-14(23-26(9,10)18(2,3)4)15-11-16(13-17(22)12-15)21-24-19(5,6)20(7,8)25-21/h11-14H,1-10H3. The minimum absolute atomic E-state index is 0.0227. The quantitative estimate of drug-likeness (QED) is 0.551. The zero-order valence-electron chi connectivity index (χ0n) is 18.0. The van der Waals surface area contributed by atoms with Crippen LogP contribution in [-0.2, 0) is 13.7 Å². The SMILES string of the molecule is CC(O[Si](C)(C)C(C)(C)C)c1cc(Br)cc(B2OC(C)(C)C(C)(C)O2)c1. The van der Waals surface area contributed by atoms with E-state index in [4.69, 9.17) is 13.7 Å². The molecule has 1 heterocycles. The zero-order valence-corrected chi connectivity index (χ0v) is 20.6. The van der Waals surface area contributed by atoms with Crippen molar-refractivity contribution in [2.24, 2.45) is 0 Å². The van der Waals surface area contributed by atoms with Crippen molar-refractivity contribution in [3.63, 3.8) is 0 Å². The molecule has 0 radical (unpaired) electrons. The second kappa shape index (κ2) is 7.03. The fraction of sp³-hybridized carbons (Fsp3) is 0.700. The molecule has 1 fully saturated rings. The van der Waals surface area contributed by atoms with E-state index in [-0.39, 0.29) is 29.5 Å². The van der Waals surface area contributed by atoms with Gasteiger partial charge in [-0.15, -0.1) is 0 Å². The van der Waals surface area contributed by atoms with E-state index < -0.39 is 8.32 Å². The molecule has 0 aromatic heterocycles. The minimum Gasteiger partial charge on any atom is -0.410 e. The summed E-state index contributed by atoms with van der Waals surface area (Å²) in [6.07, 6.45) is 0.0227. The summed E-state index contributed by atoms with van der Waals surface area (Å²) in [5, 5.41) is 0.182. The average molecular weight is 441 g/mol. The van der Waals surface area contributed by atoms with Crippen LogP contribution < -0.4 is 5.46 Å². The van der Waals surface area contributed by atoms with E-state index in [1.54, 1.807) is 0 Å². The molecule has 0 saturated carbocycles. The molecule has 1 aliphatic rings. The third-order valence-corrected chi connectivity index (χ3v) is 11.2. The Kier molecular flexibility index (Phi) is 5.99. The Bertz CT molecular complexity index is 652. The van der Waals surface area contributed by atoms with Crippen LogP contribution >= 0.6 is 15.9 Å². The lowest BCUT2D eigenvalue weighted by atomic mass is 9.78. The second-order valence-corrected chi connectivity index (χ2v) is 15.6. The van der Waals surface area contributed by atoms with Gasteiger partial charge in [-0.25, -0.2) is 0 Å². The molecule has 3 nitrogen and oxygen atoms in total. The van der Waals surface area contributed by atoms with Crippen LogP contribution in [0.4, 0.5) is 0 Å². The lowest BCUT2D eigenvalue weighted by Gasteiger charge is -2.38. The van der Waals surface area contributed by atoms with Gasteiger partial charge in [0.15, 0.2) is 8.32 Å². The minimum atomic E-state index is -1.84. The van der Waals surface area contributed by atoms with Gasteiger partial charge in [-0.2, -0.15) is 0 Å². The number of hydrogen-bond donors (Lipinski definition) is 0. The first-order chi connectivity index (χ1) is 11.6. The van der Waals surface area contributed by atoms with Crippen molar-refractivity contribution in [2.45, 2.75) is 90.8 Å². The van der Waals surface area contributed by atoms with Crippen molar-refractivity contribution in [2.75, 3.05) is 0 Å². The van der Waals surface area contributed by atoms with E-state index >= 15 is 0 Å². The predicted octanol–water partition coefficient (Wildman–Crippen LogP) is 5.83. The molecule has 1 aliphatic heterocycles. The summed E-state index contributed by atoms with van der Waals surface area (Å²) in [5.74, 6) is 0. The van der Waals surface area contributed by atoms with E-state index in [1.807, 2.05) is 0 Å². The van der Waals surface area contributed by atoms with Gasteiger partial charge in [-0.1, -0.05) is 42.8 Å². The summed E-state index contributed by atoms with van der Waals surface area (Å²) in [6.45, 7) is 21.8. The summed E-state index contributed by atoms with van der Waals surface area (Å²) >= 11 is 3.65. The first-order valence-electron chi connectivity index (χ1n) is 9.40. The number of benzene rings is 1. The lowest BCUT2D eigenvalue weighted by Crippen LogP contribution is -2.41. The molecule has 6 heteroatoms. The van der Waals surface area contributed by atoms with Gasteiger partial charge in [0.05, 0.1) is 17.3 Å². The van der Waals surface area contributed by atoms with Crippen LogP contribution in [0.1, 0.15) is 67.1 Å². The van der Waals surface area contributed by atoms with Crippen LogP contribution in [0.2, 0.25) is 18.1 Å². The van der Waals surface area contributed by atoms with Crippen LogP contribution in [-0.4, -0.2) is 26.6 Å². The van der Waals surface area contributed by atoms with E-state index in [0.717, 1.165) is 15.5 Å². The molecule has 0 aliphatic carbocycles. The van der Waals surface area contributed by atoms with Gasteiger partial charge in [0, 0.05) is 4.47 Å². The Morgan fingerprint density at radius 3 is 2.00 bits per heavy atom. The monoisotopic (exact) mass is 440 g/mol. The molecule has 1 aromatic rings. The molecule has 146 valence electrons. The molecule has 1 atom stereocenters. The van der Waals surface area contributed by atoms with Crippen molar-refractivity contribution < 1.29 is 13.7 Å². The van der Waals surface area contributed by atoms with Crippen molar-refractivity contribution in [3.8, 4) is 0 Å². The van der Waals surface area contributed by atoms with Crippen molar-refractivity contribution in [1.82, 2.24) is 0 Å². The van der Waals surface area contributed by atoms with Gasteiger partial charge in [0.25, 0.3) is 0 Å². The molecule has 1 aromatic carbocycles. The summed E-state index contributed by atoms with van der Waals surface area (Å²) in [4.78, 5) is 0. The lowest BCUT2D eigenvalue weighted by molar-refractivity contribution is 0.00578. The zero-order chi connectivity index (χ0) is 20.1. The Hall–Kier alpha value is -0.138. The normalized spacial score (nSPS) is 21.1. The highest BCUT2D eigenvalue weighted by molar-refractivity contribution is 9.10. The number of halogens is 1. The van der Waals surface area contributed by atoms with E-state index in [1.165, 1.54) is 0 Å².